The second kappa shape index (κ2) is 21.1. The smallest absolute Gasteiger partial charge is 0.0433 e. The van der Waals surface area contributed by atoms with Gasteiger partial charge in [-0.25, -0.2) is 0 Å². The molecule has 0 saturated carbocycles. The molecule has 4 nitrogen and oxygen atoms in total. The van der Waals surface area contributed by atoms with E-state index in [1.807, 2.05) is 33.0 Å². The van der Waals surface area contributed by atoms with Crippen LogP contribution in [0.5, 0.6) is 0 Å². The zero-order valence-electron chi connectivity index (χ0n) is 15.7. The molecule has 0 aromatic heterocycles. The summed E-state index contributed by atoms with van der Waals surface area (Å²) in [6.45, 7) is 12.1. The standard InChI is InChI=1S/C5H11N.C5H13N.C3H9N.C3H8O/c1-6-4-2-3-5-6;1-4-6(3)5-2;1-4(2)3;1-3-4-2/h2-5H2,1H3;4-5H2,1-3H3;1-3H3;3H2,1-2H3. The SMILES string of the molecule is CCN(C)CC.CCOC.CN(C)C.CN1CCCC1. The van der Waals surface area contributed by atoms with Gasteiger partial charge < -0.3 is 19.4 Å². The summed E-state index contributed by atoms with van der Waals surface area (Å²) in [4.78, 5) is 6.61. The van der Waals surface area contributed by atoms with Gasteiger partial charge >= 0.3 is 0 Å². The summed E-state index contributed by atoms with van der Waals surface area (Å²) >= 11 is 0. The van der Waals surface area contributed by atoms with Gasteiger partial charge in [0.2, 0.25) is 0 Å². The highest BCUT2D eigenvalue weighted by Crippen LogP contribution is 2.02. The minimum Gasteiger partial charge on any atom is -0.385 e. The first-order valence-electron chi connectivity index (χ1n) is 7.82. The lowest BCUT2D eigenvalue weighted by Crippen LogP contribution is -2.15. The highest BCUT2D eigenvalue weighted by molar-refractivity contribution is 4.59. The molecule has 0 aliphatic carbocycles. The van der Waals surface area contributed by atoms with Crippen LogP contribution in [0.4, 0.5) is 0 Å². The van der Waals surface area contributed by atoms with Crippen molar-refractivity contribution in [3.8, 4) is 0 Å². The summed E-state index contributed by atoms with van der Waals surface area (Å²) in [5.74, 6) is 0. The van der Waals surface area contributed by atoms with Gasteiger partial charge in [0.1, 0.15) is 0 Å². The molecule has 1 heterocycles. The van der Waals surface area contributed by atoms with Crippen molar-refractivity contribution in [3.05, 3.63) is 0 Å². The molecule has 1 rings (SSSR count). The molecule has 1 aliphatic heterocycles. The van der Waals surface area contributed by atoms with Gasteiger partial charge in [0.15, 0.2) is 0 Å². The zero-order chi connectivity index (χ0) is 16.4. The highest BCUT2D eigenvalue weighted by Gasteiger charge is 2.03. The van der Waals surface area contributed by atoms with Crippen molar-refractivity contribution >= 4 is 0 Å². The van der Waals surface area contributed by atoms with Crippen LogP contribution in [0.25, 0.3) is 0 Å². The number of ether oxygens (including phenoxy) is 1. The summed E-state index contributed by atoms with van der Waals surface area (Å²) < 4.78 is 4.54. The van der Waals surface area contributed by atoms with E-state index in [4.69, 9.17) is 0 Å². The highest BCUT2D eigenvalue weighted by atomic mass is 16.5. The van der Waals surface area contributed by atoms with Crippen molar-refractivity contribution in [2.45, 2.75) is 33.6 Å². The molecule has 0 aromatic carbocycles. The molecule has 20 heavy (non-hydrogen) atoms. The van der Waals surface area contributed by atoms with Crippen LogP contribution in [-0.4, -0.2) is 89.8 Å². The van der Waals surface area contributed by atoms with E-state index in [1.54, 1.807) is 7.11 Å². The number of hydrogen-bond acceptors (Lipinski definition) is 4. The van der Waals surface area contributed by atoms with Gasteiger partial charge in [-0.1, -0.05) is 13.8 Å². The third-order valence-corrected chi connectivity index (χ3v) is 2.70. The van der Waals surface area contributed by atoms with E-state index in [0.29, 0.717) is 0 Å². The van der Waals surface area contributed by atoms with Crippen LogP contribution in [0.1, 0.15) is 33.6 Å². The Labute approximate surface area is 129 Å². The van der Waals surface area contributed by atoms with Gasteiger partial charge in [-0.15, -0.1) is 0 Å². The van der Waals surface area contributed by atoms with Gasteiger partial charge in [-0.2, -0.15) is 0 Å². The lowest BCUT2D eigenvalue weighted by Gasteiger charge is -2.07. The first-order valence-corrected chi connectivity index (χ1v) is 7.82. The Morgan fingerprint density at radius 2 is 1.20 bits per heavy atom. The molecular weight excluding hydrogens is 250 g/mol. The van der Waals surface area contributed by atoms with Crippen molar-refractivity contribution in [1.29, 1.82) is 0 Å². The topological polar surface area (TPSA) is 19.0 Å². The number of rotatable bonds is 3. The predicted molar refractivity (Wildman–Crippen MR) is 92.7 cm³/mol. The second-order valence-electron chi connectivity index (χ2n) is 5.42. The van der Waals surface area contributed by atoms with Crippen molar-refractivity contribution < 1.29 is 4.74 Å². The monoisotopic (exact) mass is 291 g/mol. The van der Waals surface area contributed by atoms with Crippen LogP contribution in [0.3, 0.4) is 0 Å². The van der Waals surface area contributed by atoms with Crippen molar-refractivity contribution in [1.82, 2.24) is 14.7 Å². The van der Waals surface area contributed by atoms with Gasteiger partial charge in [0.05, 0.1) is 0 Å². The van der Waals surface area contributed by atoms with Crippen LogP contribution >= 0.6 is 0 Å². The lowest BCUT2D eigenvalue weighted by atomic mass is 10.4. The molecule has 1 aliphatic rings. The van der Waals surface area contributed by atoms with Crippen LogP contribution in [0.2, 0.25) is 0 Å². The predicted octanol–water partition coefficient (Wildman–Crippen LogP) is 2.50. The molecule has 0 aromatic rings. The van der Waals surface area contributed by atoms with Crippen molar-refractivity contribution in [2.75, 3.05) is 75.1 Å². The molecule has 0 unspecified atom stereocenters. The maximum atomic E-state index is 4.54. The van der Waals surface area contributed by atoms with E-state index in [2.05, 4.69) is 42.5 Å². The van der Waals surface area contributed by atoms with Gasteiger partial charge in [-0.05, 0) is 81.2 Å². The maximum Gasteiger partial charge on any atom is 0.0433 e. The maximum absolute atomic E-state index is 4.54. The van der Waals surface area contributed by atoms with Crippen LogP contribution in [-0.2, 0) is 4.74 Å². The Kier molecular flexibility index (Phi) is 26.3. The number of likely N-dealkylation sites (tertiary alicyclic amines) is 1. The number of hydrogen-bond donors (Lipinski definition) is 0. The Morgan fingerprint density at radius 3 is 1.25 bits per heavy atom. The minimum absolute atomic E-state index is 0.819. The van der Waals surface area contributed by atoms with E-state index in [1.165, 1.54) is 25.9 Å². The van der Waals surface area contributed by atoms with Crippen LogP contribution < -0.4 is 0 Å². The van der Waals surface area contributed by atoms with Crippen molar-refractivity contribution in [2.24, 2.45) is 0 Å². The van der Waals surface area contributed by atoms with Gasteiger partial charge in [0, 0.05) is 13.7 Å². The summed E-state index contributed by atoms with van der Waals surface area (Å²) in [7, 11) is 12.0. The summed E-state index contributed by atoms with van der Waals surface area (Å²) in [6.07, 6.45) is 2.83. The number of methoxy groups -OCH3 is 1. The fourth-order valence-corrected chi connectivity index (χ4v) is 1.10. The van der Waals surface area contributed by atoms with E-state index >= 15 is 0 Å². The molecule has 0 radical (unpaired) electrons. The Morgan fingerprint density at radius 1 is 0.900 bits per heavy atom. The quantitative estimate of drug-likeness (QED) is 0.795. The molecule has 4 heteroatoms. The Bertz CT molecular complexity index is 140. The summed E-state index contributed by atoms with van der Waals surface area (Å²) in [5, 5.41) is 0. The molecule has 0 bridgehead atoms. The minimum atomic E-state index is 0.819. The van der Waals surface area contributed by atoms with Gasteiger partial charge in [-0.3, -0.25) is 0 Å². The van der Waals surface area contributed by atoms with Crippen LogP contribution in [0.15, 0.2) is 0 Å². The lowest BCUT2D eigenvalue weighted by molar-refractivity contribution is 0.215. The Balaban J connectivity index is -0.000000197. The second-order valence-corrected chi connectivity index (χ2v) is 5.42. The molecule has 0 atom stereocenters. The first-order chi connectivity index (χ1) is 9.35. The average Bonchev–Trinajstić information content (AvgIpc) is 2.89. The molecule has 0 amide bonds. The summed E-state index contributed by atoms with van der Waals surface area (Å²) in [6, 6.07) is 0. The number of nitrogens with zero attached hydrogens (tertiary/aromatic N) is 3. The molecular formula is C16H41N3O. The zero-order valence-corrected chi connectivity index (χ0v) is 15.7. The third kappa shape index (κ3) is 36.1. The van der Waals surface area contributed by atoms with Crippen molar-refractivity contribution in [3.63, 3.8) is 0 Å². The Hall–Kier alpha value is -0.160. The molecule has 0 spiro atoms. The van der Waals surface area contributed by atoms with E-state index in [-0.39, 0.29) is 0 Å². The summed E-state index contributed by atoms with van der Waals surface area (Å²) in [5.41, 5.74) is 0. The van der Waals surface area contributed by atoms with Gasteiger partial charge in [0.25, 0.3) is 0 Å². The average molecular weight is 292 g/mol. The fraction of sp³-hybridized carbons (Fsp3) is 1.00. The van der Waals surface area contributed by atoms with E-state index in [0.717, 1.165) is 19.7 Å². The van der Waals surface area contributed by atoms with E-state index < -0.39 is 0 Å². The van der Waals surface area contributed by atoms with Crippen LogP contribution in [0, 0.1) is 0 Å². The third-order valence-electron chi connectivity index (χ3n) is 2.70. The molecule has 126 valence electrons. The first kappa shape index (κ1) is 24.8. The molecule has 1 fully saturated rings. The van der Waals surface area contributed by atoms with E-state index in [9.17, 15) is 0 Å². The fourth-order valence-electron chi connectivity index (χ4n) is 1.10. The normalized spacial score (nSPS) is 13.9. The molecule has 1 saturated heterocycles. The largest absolute Gasteiger partial charge is 0.385 e. The molecule has 0 N–H and O–H groups in total.